The largest absolute Gasteiger partial charge is 0.480 e. The van der Waals surface area contributed by atoms with Gasteiger partial charge in [0.25, 0.3) is 0 Å². The second kappa shape index (κ2) is 11.9. The highest BCUT2D eigenvalue weighted by atomic mass is 16.4. The van der Waals surface area contributed by atoms with Crippen LogP contribution in [-0.4, -0.2) is 75.1 Å². The molecular weight excluding hydrogens is 460 g/mol. The number of carbonyl (C=O) groups is 5. The maximum Gasteiger partial charge on any atom is 0.326 e. The summed E-state index contributed by atoms with van der Waals surface area (Å²) in [5.41, 5.74) is 12.0. The third-order valence-electron chi connectivity index (χ3n) is 5.23. The van der Waals surface area contributed by atoms with Crippen molar-refractivity contribution in [2.75, 3.05) is 0 Å². The number of H-pyrrole nitrogens is 1. The average molecular weight is 491 g/mol. The zero-order valence-corrected chi connectivity index (χ0v) is 19.3. The van der Waals surface area contributed by atoms with E-state index >= 15 is 0 Å². The number of carbonyl (C=O) groups excluding carboxylic acids is 4. The molecule has 13 nitrogen and oxygen atoms in total. The maximum atomic E-state index is 12.8. The molecule has 5 atom stereocenters. The number of benzene rings is 1. The van der Waals surface area contributed by atoms with E-state index in [1.54, 1.807) is 18.3 Å². The van der Waals surface area contributed by atoms with Crippen molar-refractivity contribution in [3.05, 3.63) is 36.0 Å². The van der Waals surface area contributed by atoms with Crippen molar-refractivity contribution in [1.82, 2.24) is 20.9 Å². The van der Waals surface area contributed by atoms with Crippen LogP contribution in [0.15, 0.2) is 30.5 Å². The van der Waals surface area contributed by atoms with Gasteiger partial charge in [-0.2, -0.15) is 0 Å². The maximum absolute atomic E-state index is 12.8. The molecule has 1 heterocycles. The molecule has 1 aromatic carbocycles. The molecule has 2 rings (SSSR count). The third-order valence-corrected chi connectivity index (χ3v) is 5.23. The molecule has 0 saturated carbocycles. The number of rotatable bonds is 12. The molecule has 0 aliphatic rings. The SMILES string of the molecule is CC(N)C(=O)NC(CC(N)=O)C(=O)NC(C(=O)NC(Cc1c[nH]c2ccccc12)C(=O)O)C(C)O. The molecule has 0 spiro atoms. The molecule has 0 aliphatic heterocycles. The number of primary amides is 1. The number of carboxylic acid groups (broad SMARTS) is 1. The number of hydrogen-bond acceptors (Lipinski definition) is 7. The van der Waals surface area contributed by atoms with Gasteiger partial charge < -0.3 is 42.6 Å². The molecule has 35 heavy (non-hydrogen) atoms. The van der Waals surface area contributed by atoms with Gasteiger partial charge >= 0.3 is 5.97 Å². The zero-order valence-electron chi connectivity index (χ0n) is 19.3. The Morgan fingerprint density at radius 3 is 2.17 bits per heavy atom. The molecule has 13 heteroatoms. The first-order valence-electron chi connectivity index (χ1n) is 10.8. The van der Waals surface area contributed by atoms with E-state index in [2.05, 4.69) is 20.9 Å². The Balaban J connectivity index is 2.16. The summed E-state index contributed by atoms with van der Waals surface area (Å²) in [5, 5.41) is 27.3. The van der Waals surface area contributed by atoms with Crippen molar-refractivity contribution < 1.29 is 34.2 Å². The van der Waals surface area contributed by atoms with Gasteiger partial charge in [0.05, 0.1) is 18.6 Å². The highest BCUT2D eigenvalue weighted by Crippen LogP contribution is 2.19. The molecule has 5 unspecified atom stereocenters. The summed E-state index contributed by atoms with van der Waals surface area (Å²) < 4.78 is 0. The van der Waals surface area contributed by atoms with Gasteiger partial charge in [-0.15, -0.1) is 0 Å². The Labute approximate surface area is 200 Å². The van der Waals surface area contributed by atoms with Crippen LogP contribution in [0, 0.1) is 0 Å². The lowest BCUT2D eigenvalue weighted by atomic mass is 10.0. The van der Waals surface area contributed by atoms with E-state index in [1.807, 2.05) is 12.1 Å². The number of carboxylic acids is 1. The van der Waals surface area contributed by atoms with Gasteiger partial charge in [0, 0.05) is 23.5 Å². The first-order chi connectivity index (χ1) is 16.4. The van der Waals surface area contributed by atoms with Gasteiger partial charge in [-0.3, -0.25) is 19.2 Å². The normalized spacial score (nSPS) is 15.3. The number of aromatic nitrogens is 1. The van der Waals surface area contributed by atoms with Gasteiger partial charge in [0.1, 0.15) is 18.1 Å². The summed E-state index contributed by atoms with van der Waals surface area (Å²) in [6.07, 6.45) is -0.465. The first-order valence-corrected chi connectivity index (χ1v) is 10.8. The van der Waals surface area contributed by atoms with Gasteiger partial charge in [-0.05, 0) is 25.5 Å². The van der Waals surface area contributed by atoms with Crippen molar-refractivity contribution in [1.29, 1.82) is 0 Å². The van der Waals surface area contributed by atoms with E-state index < -0.39 is 66.3 Å². The molecule has 0 aliphatic carbocycles. The van der Waals surface area contributed by atoms with Gasteiger partial charge in [0.15, 0.2) is 0 Å². The van der Waals surface area contributed by atoms with Crippen molar-refractivity contribution in [2.24, 2.45) is 11.5 Å². The standard InChI is InChI=1S/C22H30N6O7/c1-10(23)19(31)26-15(8-17(24)30)20(32)28-18(11(2)29)21(33)27-16(22(34)35)7-12-9-25-14-6-4-3-5-13(12)14/h3-6,9-11,15-16,18,25,29H,7-8,23H2,1-2H3,(H2,24,30)(H,26,31)(H,27,33)(H,28,32)(H,34,35). The summed E-state index contributed by atoms with van der Waals surface area (Å²) in [5.74, 6) is -4.93. The topological polar surface area (TPSA) is 230 Å². The van der Waals surface area contributed by atoms with Crippen LogP contribution in [-0.2, 0) is 30.4 Å². The Kier molecular flexibility index (Phi) is 9.31. The van der Waals surface area contributed by atoms with Gasteiger partial charge in [-0.25, -0.2) is 4.79 Å². The summed E-state index contributed by atoms with van der Waals surface area (Å²) in [6, 6.07) is 1.82. The second-order valence-electron chi connectivity index (χ2n) is 8.21. The lowest BCUT2D eigenvalue weighted by molar-refractivity contribution is -0.143. The third kappa shape index (κ3) is 7.52. The summed E-state index contributed by atoms with van der Waals surface area (Å²) in [6.45, 7) is 2.57. The number of nitrogens with two attached hydrogens (primary N) is 2. The average Bonchev–Trinajstić information content (AvgIpc) is 3.18. The number of nitrogens with one attached hydrogen (secondary N) is 4. The molecule has 190 valence electrons. The van der Waals surface area contributed by atoms with Crippen molar-refractivity contribution in [3.63, 3.8) is 0 Å². The quantitative estimate of drug-likeness (QED) is 0.163. The highest BCUT2D eigenvalue weighted by Gasteiger charge is 2.33. The van der Waals surface area contributed by atoms with Crippen LogP contribution in [0.4, 0.5) is 0 Å². The molecule has 4 amide bonds. The summed E-state index contributed by atoms with van der Waals surface area (Å²) in [4.78, 5) is 63.6. The molecule has 0 bridgehead atoms. The number of aromatic amines is 1. The fourth-order valence-electron chi connectivity index (χ4n) is 3.35. The van der Waals surface area contributed by atoms with Crippen LogP contribution in [0.5, 0.6) is 0 Å². The Morgan fingerprint density at radius 2 is 1.60 bits per heavy atom. The first kappa shape index (κ1) is 27.3. The number of aliphatic hydroxyl groups is 1. The number of hydrogen-bond donors (Lipinski definition) is 8. The minimum atomic E-state index is -1.59. The number of amides is 4. The highest BCUT2D eigenvalue weighted by molar-refractivity contribution is 5.96. The van der Waals surface area contributed by atoms with Crippen molar-refractivity contribution >= 4 is 40.5 Å². The molecule has 0 saturated heterocycles. The lowest BCUT2D eigenvalue weighted by Crippen LogP contribution is -2.60. The minimum absolute atomic E-state index is 0.0691. The van der Waals surface area contributed by atoms with Crippen molar-refractivity contribution in [2.45, 2.75) is 57.0 Å². The monoisotopic (exact) mass is 490 g/mol. The molecule has 1 aromatic heterocycles. The van der Waals surface area contributed by atoms with Crippen LogP contribution in [0.2, 0.25) is 0 Å². The molecule has 2 aromatic rings. The van der Waals surface area contributed by atoms with Crippen LogP contribution in [0.25, 0.3) is 10.9 Å². The molecule has 0 fully saturated rings. The number of aliphatic carboxylic acids is 1. The fourth-order valence-corrected chi connectivity index (χ4v) is 3.35. The summed E-state index contributed by atoms with van der Waals surface area (Å²) in [7, 11) is 0. The predicted molar refractivity (Wildman–Crippen MR) is 125 cm³/mol. The Hall–Kier alpha value is -3.97. The minimum Gasteiger partial charge on any atom is -0.480 e. The van der Waals surface area contributed by atoms with Crippen LogP contribution in [0.3, 0.4) is 0 Å². The second-order valence-corrected chi connectivity index (χ2v) is 8.21. The number of aliphatic hydroxyl groups excluding tert-OH is 1. The molecule has 10 N–H and O–H groups in total. The predicted octanol–water partition coefficient (Wildman–Crippen LogP) is -2.15. The van der Waals surface area contributed by atoms with Gasteiger partial charge in [0.2, 0.25) is 23.6 Å². The van der Waals surface area contributed by atoms with E-state index in [-0.39, 0.29) is 6.42 Å². The Bertz CT molecular complexity index is 1100. The van der Waals surface area contributed by atoms with Crippen LogP contribution in [0.1, 0.15) is 25.8 Å². The Morgan fingerprint density at radius 1 is 0.971 bits per heavy atom. The van der Waals surface area contributed by atoms with Crippen LogP contribution < -0.4 is 27.4 Å². The van der Waals surface area contributed by atoms with E-state index in [0.29, 0.717) is 5.56 Å². The van der Waals surface area contributed by atoms with Gasteiger partial charge in [-0.1, -0.05) is 18.2 Å². The molecular formula is C22H30N6O7. The van der Waals surface area contributed by atoms with Crippen LogP contribution >= 0.6 is 0 Å². The summed E-state index contributed by atoms with van der Waals surface area (Å²) >= 11 is 0. The van der Waals surface area contributed by atoms with Crippen molar-refractivity contribution in [3.8, 4) is 0 Å². The lowest BCUT2D eigenvalue weighted by Gasteiger charge is -2.26. The smallest absolute Gasteiger partial charge is 0.326 e. The van der Waals surface area contributed by atoms with E-state index in [0.717, 1.165) is 10.9 Å². The number of fused-ring (bicyclic) bond motifs is 1. The fraction of sp³-hybridized carbons (Fsp3) is 0.409. The molecule has 0 radical (unpaired) electrons. The zero-order chi connectivity index (χ0) is 26.3. The van der Waals surface area contributed by atoms with E-state index in [9.17, 15) is 34.2 Å². The van der Waals surface area contributed by atoms with E-state index in [4.69, 9.17) is 11.5 Å². The number of para-hydroxylation sites is 1. The van der Waals surface area contributed by atoms with E-state index in [1.165, 1.54) is 13.8 Å².